The van der Waals surface area contributed by atoms with Gasteiger partial charge < -0.3 is 14.6 Å². The van der Waals surface area contributed by atoms with Crippen LogP contribution in [0.15, 0.2) is 40.8 Å². The van der Waals surface area contributed by atoms with Gasteiger partial charge in [0.05, 0.1) is 6.54 Å². The summed E-state index contributed by atoms with van der Waals surface area (Å²) in [6.07, 6.45) is 3.93. The molecular formula is C17H19N3O. The third-order valence-corrected chi connectivity index (χ3v) is 3.83. The van der Waals surface area contributed by atoms with E-state index in [0.717, 1.165) is 24.5 Å². The number of rotatable bonds is 4. The Balaban J connectivity index is 1.58. The van der Waals surface area contributed by atoms with E-state index < -0.39 is 0 Å². The first-order valence-corrected chi connectivity index (χ1v) is 7.43. The fraction of sp³-hybridized carbons (Fsp3) is 0.353. The van der Waals surface area contributed by atoms with E-state index in [-0.39, 0.29) is 0 Å². The highest BCUT2D eigenvalue weighted by molar-refractivity contribution is 5.55. The average molecular weight is 281 g/mol. The van der Waals surface area contributed by atoms with E-state index in [1.54, 1.807) is 6.07 Å². The second kappa shape index (κ2) is 6.36. The summed E-state index contributed by atoms with van der Waals surface area (Å²) in [7, 11) is 0. The molecule has 0 unspecified atom stereocenters. The molecule has 1 fully saturated rings. The Kier molecular flexibility index (Phi) is 4.11. The smallest absolute Gasteiger partial charge is 0.203 e. The predicted molar refractivity (Wildman–Crippen MR) is 83.3 cm³/mol. The van der Waals surface area contributed by atoms with Gasteiger partial charge in [0.1, 0.15) is 11.8 Å². The number of nitrogens with one attached hydrogen (secondary N) is 1. The van der Waals surface area contributed by atoms with E-state index in [0.29, 0.717) is 12.3 Å². The summed E-state index contributed by atoms with van der Waals surface area (Å²) in [6.45, 7) is 2.91. The van der Waals surface area contributed by atoms with Crippen LogP contribution in [0.5, 0.6) is 0 Å². The standard InChI is InChI=1S/C17H19N3O/c18-12-16-8-9-17(21-16)13-19-14-4-6-15(7-5-14)20-10-2-1-3-11-20/h4-9,19H,1-3,10-11,13H2. The number of nitrogens with zero attached hydrogens (tertiary/aromatic N) is 2. The van der Waals surface area contributed by atoms with Crippen molar-refractivity contribution in [1.82, 2.24) is 0 Å². The number of benzene rings is 1. The van der Waals surface area contributed by atoms with Crippen molar-refractivity contribution in [2.75, 3.05) is 23.3 Å². The van der Waals surface area contributed by atoms with Gasteiger partial charge in [-0.25, -0.2) is 0 Å². The summed E-state index contributed by atoms with van der Waals surface area (Å²) in [4.78, 5) is 2.44. The van der Waals surface area contributed by atoms with E-state index in [1.165, 1.54) is 24.9 Å². The van der Waals surface area contributed by atoms with Crippen molar-refractivity contribution >= 4 is 11.4 Å². The Labute approximate surface area is 125 Å². The normalized spacial score (nSPS) is 14.7. The van der Waals surface area contributed by atoms with E-state index in [4.69, 9.17) is 9.68 Å². The maximum Gasteiger partial charge on any atom is 0.203 e. The third-order valence-electron chi connectivity index (χ3n) is 3.83. The molecule has 1 aliphatic rings. The summed E-state index contributed by atoms with van der Waals surface area (Å²) in [6, 6.07) is 14.0. The highest BCUT2D eigenvalue weighted by Gasteiger charge is 2.10. The van der Waals surface area contributed by atoms with Crippen LogP contribution in [0.25, 0.3) is 0 Å². The van der Waals surface area contributed by atoms with Crippen molar-refractivity contribution in [3.8, 4) is 6.07 Å². The van der Waals surface area contributed by atoms with Crippen LogP contribution in [0.1, 0.15) is 30.8 Å². The molecule has 0 aliphatic carbocycles. The zero-order chi connectivity index (χ0) is 14.5. The minimum Gasteiger partial charge on any atom is -0.449 e. The Hall–Kier alpha value is -2.41. The lowest BCUT2D eigenvalue weighted by atomic mass is 10.1. The van der Waals surface area contributed by atoms with Gasteiger partial charge in [-0.2, -0.15) is 5.26 Å². The quantitative estimate of drug-likeness (QED) is 0.927. The Morgan fingerprint density at radius 3 is 2.48 bits per heavy atom. The zero-order valence-corrected chi connectivity index (χ0v) is 12.0. The van der Waals surface area contributed by atoms with Crippen molar-refractivity contribution in [3.63, 3.8) is 0 Å². The van der Waals surface area contributed by atoms with E-state index in [9.17, 15) is 0 Å². The Morgan fingerprint density at radius 2 is 1.81 bits per heavy atom. The predicted octanol–water partition coefficient (Wildman–Crippen LogP) is 3.75. The van der Waals surface area contributed by atoms with Crippen LogP contribution in [0.2, 0.25) is 0 Å². The molecule has 1 saturated heterocycles. The molecule has 21 heavy (non-hydrogen) atoms. The van der Waals surface area contributed by atoms with Gasteiger partial charge in [0.15, 0.2) is 0 Å². The van der Waals surface area contributed by atoms with Gasteiger partial charge in [0, 0.05) is 24.5 Å². The van der Waals surface area contributed by atoms with Crippen LogP contribution >= 0.6 is 0 Å². The van der Waals surface area contributed by atoms with E-state index in [1.807, 2.05) is 12.1 Å². The minimum absolute atomic E-state index is 0.354. The SMILES string of the molecule is N#Cc1ccc(CNc2ccc(N3CCCCC3)cc2)o1. The summed E-state index contributed by atoms with van der Waals surface area (Å²) in [5, 5.41) is 12.0. The molecule has 2 heterocycles. The fourth-order valence-electron chi connectivity index (χ4n) is 2.66. The van der Waals surface area contributed by atoms with Crippen LogP contribution < -0.4 is 10.2 Å². The van der Waals surface area contributed by atoms with Crippen molar-refractivity contribution in [2.24, 2.45) is 0 Å². The molecule has 0 spiro atoms. The molecule has 0 atom stereocenters. The number of furan rings is 1. The maximum absolute atomic E-state index is 8.72. The van der Waals surface area contributed by atoms with Crippen molar-refractivity contribution < 1.29 is 4.42 Å². The second-order valence-corrected chi connectivity index (χ2v) is 5.33. The molecule has 0 saturated carbocycles. The lowest BCUT2D eigenvalue weighted by Gasteiger charge is -2.28. The summed E-state index contributed by atoms with van der Waals surface area (Å²) >= 11 is 0. The summed E-state index contributed by atoms with van der Waals surface area (Å²) in [5.41, 5.74) is 2.36. The first-order chi connectivity index (χ1) is 10.3. The molecule has 4 nitrogen and oxygen atoms in total. The molecule has 0 radical (unpaired) electrons. The molecule has 1 aromatic heterocycles. The number of nitriles is 1. The van der Waals surface area contributed by atoms with E-state index >= 15 is 0 Å². The molecule has 0 bridgehead atoms. The van der Waals surface area contributed by atoms with Crippen LogP contribution in [-0.4, -0.2) is 13.1 Å². The first-order valence-electron chi connectivity index (χ1n) is 7.43. The molecule has 4 heteroatoms. The van der Waals surface area contributed by atoms with Crippen LogP contribution in [-0.2, 0) is 6.54 Å². The number of piperidine rings is 1. The van der Waals surface area contributed by atoms with Gasteiger partial charge in [-0.05, 0) is 55.7 Å². The second-order valence-electron chi connectivity index (χ2n) is 5.33. The molecule has 2 aromatic rings. The van der Waals surface area contributed by atoms with Crippen LogP contribution in [0.3, 0.4) is 0 Å². The maximum atomic E-state index is 8.72. The van der Waals surface area contributed by atoms with Gasteiger partial charge in [-0.15, -0.1) is 0 Å². The molecule has 1 N–H and O–H groups in total. The zero-order valence-electron chi connectivity index (χ0n) is 12.0. The summed E-state index contributed by atoms with van der Waals surface area (Å²) in [5.74, 6) is 1.12. The summed E-state index contributed by atoms with van der Waals surface area (Å²) < 4.78 is 5.34. The molecule has 1 aliphatic heterocycles. The van der Waals surface area contributed by atoms with Gasteiger partial charge in [0.2, 0.25) is 5.76 Å². The van der Waals surface area contributed by atoms with Crippen LogP contribution in [0.4, 0.5) is 11.4 Å². The number of anilines is 2. The minimum atomic E-state index is 0.354. The molecule has 3 rings (SSSR count). The molecule has 0 amide bonds. The molecule has 108 valence electrons. The topological polar surface area (TPSA) is 52.2 Å². The van der Waals surface area contributed by atoms with Crippen molar-refractivity contribution in [1.29, 1.82) is 5.26 Å². The molecular weight excluding hydrogens is 262 g/mol. The number of hydrogen-bond donors (Lipinski definition) is 1. The van der Waals surface area contributed by atoms with Gasteiger partial charge in [0.25, 0.3) is 0 Å². The monoisotopic (exact) mass is 281 g/mol. The first kappa shape index (κ1) is 13.6. The highest BCUT2D eigenvalue weighted by Crippen LogP contribution is 2.22. The van der Waals surface area contributed by atoms with Crippen molar-refractivity contribution in [2.45, 2.75) is 25.8 Å². The van der Waals surface area contributed by atoms with E-state index in [2.05, 4.69) is 34.5 Å². The van der Waals surface area contributed by atoms with Gasteiger partial charge in [-0.1, -0.05) is 0 Å². The fourth-order valence-corrected chi connectivity index (χ4v) is 2.66. The average Bonchev–Trinajstić information content (AvgIpc) is 3.02. The third kappa shape index (κ3) is 3.38. The van der Waals surface area contributed by atoms with Crippen LogP contribution in [0, 0.1) is 11.3 Å². The lowest BCUT2D eigenvalue weighted by molar-refractivity contribution is 0.506. The lowest BCUT2D eigenvalue weighted by Crippen LogP contribution is -2.29. The van der Waals surface area contributed by atoms with Crippen molar-refractivity contribution in [3.05, 3.63) is 47.9 Å². The van der Waals surface area contributed by atoms with Gasteiger partial charge in [-0.3, -0.25) is 0 Å². The number of hydrogen-bond acceptors (Lipinski definition) is 4. The largest absolute Gasteiger partial charge is 0.449 e. The Morgan fingerprint density at radius 1 is 1.05 bits per heavy atom. The molecule has 1 aromatic carbocycles. The van der Waals surface area contributed by atoms with Gasteiger partial charge >= 0.3 is 0 Å². The Bertz CT molecular complexity index is 618. The highest BCUT2D eigenvalue weighted by atomic mass is 16.3.